The number of aliphatic hydroxyl groups excluding tert-OH is 1. The van der Waals surface area contributed by atoms with Crippen LogP contribution in [0.3, 0.4) is 0 Å². The molecule has 0 bridgehead atoms. The lowest BCUT2D eigenvalue weighted by Gasteiger charge is -2.13. The van der Waals surface area contributed by atoms with Crippen molar-refractivity contribution in [2.45, 2.75) is 56.7 Å². The van der Waals surface area contributed by atoms with Crippen LogP contribution in [0, 0.1) is 0 Å². The molecule has 2 aromatic carbocycles. The van der Waals surface area contributed by atoms with E-state index in [0.29, 0.717) is 23.0 Å². The number of carbonyl (C=O) groups excluding carboxylic acids is 1. The van der Waals surface area contributed by atoms with Crippen molar-refractivity contribution in [2.24, 2.45) is 0 Å². The van der Waals surface area contributed by atoms with Crippen molar-refractivity contribution in [3.05, 3.63) is 76.2 Å². The lowest BCUT2D eigenvalue weighted by molar-refractivity contribution is 0.0600. The smallest absolute Gasteiger partial charge is 0.337 e. The van der Waals surface area contributed by atoms with Crippen LogP contribution in [0.1, 0.15) is 61.1 Å². The van der Waals surface area contributed by atoms with Crippen LogP contribution in [0.2, 0.25) is 5.02 Å². The summed E-state index contributed by atoms with van der Waals surface area (Å²) < 4.78 is 6.78. The maximum Gasteiger partial charge on any atom is 0.337 e. The van der Waals surface area contributed by atoms with E-state index in [1.165, 1.54) is 7.11 Å². The van der Waals surface area contributed by atoms with E-state index in [-0.39, 0.29) is 18.5 Å². The third-order valence-electron chi connectivity index (χ3n) is 4.44. The second-order valence-corrected chi connectivity index (χ2v) is 8.36. The molecule has 3 rings (SSSR count). The molecular weight excluding hydrogens is 432 g/mol. The summed E-state index contributed by atoms with van der Waals surface area (Å²) in [5.41, 5.74) is 2.43. The highest BCUT2D eigenvalue weighted by Gasteiger charge is 2.20. The van der Waals surface area contributed by atoms with Crippen molar-refractivity contribution in [3.8, 4) is 0 Å². The van der Waals surface area contributed by atoms with Gasteiger partial charge in [0.1, 0.15) is 17.5 Å². The molecule has 0 radical (unpaired) electrons. The molecule has 0 fully saturated rings. The minimum atomic E-state index is -0.366. The fraction of sp³-hybridized carbons (Fsp3) is 0.333. The van der Waals surface area contributed by atoms with Crippen LogP contribution in [0.25, 0.3) is 0 Å². The second kappa shape index (κ2) is 11.9. The normalized spacial score (nSPS) is 10.6. The molecule has 0 atom stereocenters. The predicted molar refractivity (Wildman–Crippen MR) is 126 cm³/mol. The highest BCUT2D eigenvalue weighted by atomic mass is 35.5. The van der Waals surface area contributed by atoms with Crippen molar-refractivity contribution in [3.63, 3.8) is 0 Å². The van der Waals surface area contributed by atoms with Crippen molar-refractivity contribution >= 4 is 29.3 Å². The Balaban J connectivity index is 0.00000166. The number of ether oxygens (including phenoxy) is 1. The van der Waals surface area contributed by atoms with Gasteiger partial charge in [0.25, 0.3) is 0 Å². The zero-order chi connectivity index (χ0) is 23.0. The number of carbonyl (C=O) groups is 1. The Labute approximate surface area is 193 Å². The average molecular weight is 461 g/mol. The summed E-state index contributed by atoms with van der Waals surface area (Å²) in [4.78, 5) is 17.4. The Morgan fingerprint density at radius 1 is 1.19 bits per heavy atom. The van der Waals surface area contributed by atoms with Gasteiger partial charge in [-0.1, -0.05) is 69.3 Å². The quantitative estimate of drug-likeness (QED) is 0.427. The molecule has 0 spiro atoms. The van der Waals surface area contributed by atoms with Crippen LogP contribution in [0.4, 0.5) is 0 Å². The van der Waals surface area contributed by atoms with Crippen molar-refractivity contribution in [1.82, 2.24) is 9.55 Å². The number of imidazole rings is 1. The maximum absolute atomic E-state index is 11.7. The molecule has 0 amide bonds. The minimum absolute atomic E-state index is 0.157. The number of aromatic nitrogens is 2. The van der Waals surface area contributed by atoms with E-state index in [0.717, 1.165) is 21.2 Å². The van der Waals surface area contributed by atoms with E-state index in [4.69, 9.17) is 16.3 Å². The summed E-state index contributed by atoms with van der Waals surface area (Å²) in [6.07, 6.45) is 0. The third-order valence-corrected chi connectivity index (χ3v) is 5.79. The summed E-state index contributed by atoms with van der Waals surface area (Å²) in [7, 11) is 1.36. The Hall–Kier alpha value is -2.28. The van der Waals surface area contributed by atoms with Crippen LogP contribution < -0.4 is 0 Å². The minimum Gasteiger partial charge on any atom is -0.465 e. The van der Waals surface area contributed by atoms with Gasteiger partial charge in [-0.15, -0.1) is 0 Å². The number of benzene rings is 2. The first-order valence-corrected chi connectivity index (χ1v) is 11.4. The van der Waals surface area contributed by atoms with Gasteiger partial charge < -0.3 is 14.4 Å². The lowest BCUT2D eigenvalue weighted by Crippen LogP contribution is -2.07. The van der Waals surface area contributed by atoms with Crippen LogP contribution in [0.15, 0.2) is 58.5 Å². The summed E-state index contributed by atoms with van der Waals surface area (Å²) >= 11 is 7.74. The molecule has 0 aliphatic rings. The third kappa shape index (κ3) is 6.35. The summed E-state index contributed by atoms with van der Waals surface area (Å²) in [6, 6.07) is 14.9. The number of hydrogen-bond donors (Lipinski definition) is 1. The van der Waals surface area contributed by atoms with E-state index in [1.54, 1.807) is 23.9 Å². The summed E-state index contributed by atoms with van der Waals surface area (Å²) in [6.45, 7) is 8.54. The molecule has 1 heterocycles. The predicted octanol–water partition coefficient (Wildman–Crippen LogP) is 6.16. The Morgan fingerprint density at radius 3 is 2.42 bits per heavy atom. The van der Waals surface area contributed by atoms with Gasteiger partial charge in [-0.3, -0.25) is 0 Å². The van der Waals surface area contributed by atoms with Gasteiger partial charge in [-0.05, 0) is 41.8 Å². The molecule has 5 nitrogen and oxygen atoms in total. The largest absolute Gasteiger partial charge is 0.465 e. The first-order valence-electron chi connectivity index (χ1n) is 10.2. The summed E-state index contributed by atoms with van der Waals surface area (Å²) in [5.74, 6) is 0.440. The van der Waals surface area contributed by atoms with Crippen molar-refractivity contribution in [1.29, 1.82) is 0 Å². The lowest BCUT2D eigenvalue weighted by atomic mass is 10.1. The monoisotopic (exact) mass is 460 g/mol. The molecule has 7 heteroatoms. The highest BCUT2D eigenvalue weighted by Crippen LogP contribution is 2.36. The molecular formula is C24H29ClN2O3S. The molecule has 0 saturated carbocycles. The Bertz CT molecular complexity index is 1000. The Morgan fingerprint density at radius 2 is 1.87 bits per heavy atom. The van der Waals surface area contributed by atoms with Gasteiger partial charge in [0, 0.05) is 16.5 Å². The van der Waals surface area contributed by atoms with E-state index in [2.05, 4.69) is 18.8 Å². The van der Waals surface area contributed by atoms with Crippen LogP contribution in [0.5, 0.6) is 0 Å². The molecule has 0 aliphatic heterocycles. The van der Waals surface area contributed by atoms with Gasteiger partial charge in [0.2, 0.25) is 0 Å². The fourth-order valence-electron chi connectivity index (χ4n) is 2.96. The van der Waals surface area contributed by atoms with Crippen molar-refractivity contribution in [2.75, 3.05) is 7.11 Å². The van der Waals surface area contributed by atoms with Crippen LogP contribution in [-0.4, -0.2) is 27.7 Å². The number of nitrogens with zero attached hydrogens (tertiary/aromatic N) is 2. The number of esters is 1. The number of hydrogen-bond acceptors (Lipinski definition) is 5. The van der Waals surface area contributed by atoms with Gasteiger partial charge in [-0.2, -0.15) is 0 Å². The van der Waals surface area contributed by atoms with E-state index in [9.17, 15) is 9.90 Å². The van der Waals surface area contributed by atoms with Crippen LogP contribution in [-0.2, 0) is 17.9 Å². The molecule has 166 valence electrons. The topological polar surface area (TPSA) is 64.3 Å². The first-order chi connectivity index (χ1) is 14.9. The number of halogens is 1. The molecule has 1 aromatic heterocycles. The molecule has 0 saturated heterocycles. The number of methoxy groups -OCH3 is 1. The van der Waals surface area contributed by atoms with E-state index >= 15 is 0 Å². The van der Waals surface area contributed by atoms with Gasteiger partial charge in [0.05, 0.1) is 18.4 Å². The molecule has 0 unspecified atom stereocenters. The van der Waals surface area contributed by atoms with E-state index in [1.807, 2.05) is 54.8 Å². The molecule has 0 aliphatic carbocycles. The first kappa shape index (κ1) is 25.0. The van der Waals surface area contributed by atoms with Crippen LogP contribution >= 0.6 is 23.4 Å². The number of rotatable bonds is 7. The summed E-state index contributed by atoms with van der Waals surface area (Å²) in [5, 5.41) is 11.5. The molecule has 31 heavy (non-hydrogen) atoms. The molecule has 1 N–H and O–H groups in total. The maximum atomic E-state index is 11.7. The van der Waals surface area contributed by atoms with Crippen molar-refractivity contribution < 1.29 is 14.6 Å². The zero-order valence-electron chi connectivity index (χ0n) is 18.6. The fourth-order valence-corrected chi connectivity index (χ4v) is 4.44. The average Bonchev–Trinajstić information content (AvgIpc) is 3.12. The van der Waals surface area contributed by atoms with Gasteiger partial charge >= 0.3 is 5.97 Å². The standard InChI is InChI=1S/C22H23ClN2O3S.C2H6/c1-14(2)20-21(29-18-6-4-5-17(23)11-18)25(19(13-26)24-20)12-15-7-9-16(10-8-15)22(27)28-3;1-2/h4-11,14,26H,12-13H2,1-3H3;1-2H3. The second-order valence-electron chi connectivity index (χ2n) is 6.87. The molecule has 3 aromatic rings. The number of aliphatic hydroxyl groups is 1. The highest BCUT2D eigenvalue weighted by molar-refractivity contribution is 7.99. The SMILES string of the molecule is CC.COC(=O)c1ccc(Cn2c(CO)nc(C(C)C)c2Sc2cccc(Cl)c2)cc1. The zero-order valence-corrected chi connectivity index (χ0v) is 20.1. The van der Waals surface area contributed by atoms with Gasteiger partial charge in [0.15, 0.2) is 0 Å². The van der Waals surface area contributed by atoms with E-state index < -0.39 is 0 Å². The van der Waals surface area contributed by atoms with Gasteiger partial charge in [-0.25, -0.2) is 9.78 Å². The Kier molecular flexibility index (Phi) is 9.62.